The quantitative estimate of drug-likeness (QED) is 0.587. The molecule has 0 heterocycles. The van der Waals surface area contributed by atoms with Crippen LogP contribution in [-0.4, -0.2) is 38.3 Å². The highest BCUT2D eigenvalue weighted by Gasteiger charge is 2.11. The summed E-state index contributed by atoms with van der Waals surface area (Å²) >= 11 is 0. The second-order valence-electron chi connectivity index (χ2n) is 4.39. The Morgan fingerprint density at radius 2 is 1.88 bits per heavy atom. The number of nitrogens with one attached hydrogen (secondary N) is 2. The van der Waals surface area contributed by atoms with Gasteiger partial charge in [0.25, 0.3) is 0 Å². The second kappa shape index (κ2) is 9.60. The van der Waals surface area contributed by atoms with Crippen molar-refractivity contribution >= 4 is 5.91 Å². The number of rotatable bonds is 9. The fourth-order valence-corrected chi connectivity index (χ4v) is 1.37. The number of carbonyl (C=O) groups excluding carboxylic acids is 1. The molecule has 0 aliphatic heterocycles. The average molecular weight is 230 g/mol. The largest absolute Gasteiger partial charge is 0.385 e. The molecule has 0 saturated heterocycles. The topological polar surface area (TPSA) is 50.4 Å². The van der Waals surface area contributed by atoms with Gasteiger partial charge in [-0.3, -0.25) is 4.79 Å². The van der Waals surface area contributed by atoms with Crippen molar-refractivity contribution in [2.45, 2.75) is 52.1 Å². The maximum atomic E-state index is 11.5. The van der Waals surface area contributed by atoms with Gasteiger partial charge in [0.15, 0.2) is 0 Å². The van der Waals surface area contributed by atoms with Crippen LogP contribution >= 0.6 is 0 Å². The maximum Gasteiger partial charge on any atom is 0.237 e. The van der Waals surface area contributed by atoms with Gasteiger partial charge in [-0.1, -0.05) is 0 Å². The molecule has 0 aromatic heterocycles. The number of carbonyl (C=O) groups is 1. The zero-order valence-corrected chi connectivity index (χ0v) is 11.0. The molecule has 0 aromatic carbocycles. The third-order valence-electron chi connectivity index (χ3n) is 2.30. The van der Waals surface area contributed by atoms with Crippen LogP contribution in [0.5, 0.6) is 0 Å². The van der Waals surface area contributed by atoms with Gasteiger partial charge in [0.2, 0.25) is 5.91 Å². The minimum absolute atomic E-state index is 0.0758. The lowest BCUT2D eigenvalue weighted by molar-refractivity contribution is -0.123. The van der Waals surface area contributed by atoms with E-state index in [0.29, 0.717) is 0 Å². The van der Waals surface area contributed by atoms with E-state index < -0.39 is 0 Å². The first kappa shape index (κ1) is 15.4. The maximum absolute atomic E-state index is 11.5. The summed E-state index contributed by atoms with van der Waals surface area (Å²) in [7, 11) is 1.72. The first-order valence-electron chi connectivity index (χ1n) is 6.10. The van der Waals surface area contributed by atoms with E-state index in [4.69, 9.17) is 4.74 Å². The van der Waals surface area contributed by atoms with Crippen molar-refractivity contribution < 1.29 is 9.53 Å². The van der Waals surface area contributed by atoms with Gasteiger partial charge < -0.3 is 15.4 Å². The minimum Gasteiger partial charge on any atom is -0.385 e. The highest BCUT2D eigenvalue weighted by atomic mass is 16.5. The van der Waals surface area contributed by atoms with E-state index in [1.165, 1.54) is 0 Å². The Morgan fingerprint density at radius 3 is 2.44 bits per heavy atom. The van der Waals surface area contributed by atoms with Gasteiger partial charge in [0, 0.05) is 19.8 Å². The summed E-state index contributed by atoms with van der Waals surface area (Å²) in [6.07, 6.45) is 3.31. The first-order valence-corrected chi connectivity index (χ1v) is 6.10. The zero-order chi connectivity index (χ0) is 12.4. The summed E-state index contributed by atoms with van der Waals surface area (Å²) in [6.45, 7) is 7.54. The highest BCUT2D eigenvalue weighted by molar-refractivity contribution is 5.81. The summed E-state index contributed by atoms with van der Waals surface area (Å²) < 4.78 is 4.97. The monoisotopic (exact) mass is 230 g/mol. The Morgan fingerprint density at radius 1 is 1.19 bits per heavy atom. The van der Waals surface area contributed by atoms with Gasteiger partial charge >= 0.3 is 0 Å². The summed E-state index contributed by atoms with van der Waals surface area (Å²) in [5, 5.41) is 6.09. The number of amides is 1. The van der Waals surface area contributed by atoms with Crippen LogP contribution < -0.4 is 10.6 Å². The van der Waals surface area contributed by atoms with E-state index in [1.807, 2.05) is 20.8 Å². The van der Waals surface area contributed by atoms with Gasteiger partial charge in [-0.05, 0) is 46.6 Å². The fourth-order valence-electron chi connectivity index (χ4n) is 1.37. The molecule has 0 radical (unpaired) electrons. The molecule has 2 N–H and O–H groups in total. The van der Waals surface area contributed by atoms with Gasteiger partial charge in [-0.25, -0.2) is 0 Å². The van der Waals surface area contributed by atoms with Crippen molar-refractivity contribution in [1.82, 2.24) is 10.6 Å². The molecular formula is C12H26N2O2. The summed E-state index contributed by atoms with van der Waals surface area (Å²) in [5.41, 5.74) is 0. The van der Waals surface area contributed by atoms with Gasteiger partial charge in [-0.2, -0.15) is 0 Å². The Balaban J connectivity index is 3.42. The number of ether oxygens (including phenoxy) is 1. The summed E-state index contributed by atoms with van der Waals surface area (Å²) in [5.74, 6) is 0.0758. The highest BCUT2D eigenvalue weighted by Crippen LogP contribution is 1.95. The van der Waals surface area contributed by atoms with Crippen LogP contribution in [0.1, 0.15) is 40.0 Å². The number of unbranched alkanes of at least 4 members (excludes halogenated alkanes) is 2. The van der Waals surface area contributed by atoms with E-state index in [0.717, 1.165) is 32.4 Å². The van der Waals surface area contributed by atoms with Crippen molar-refractivity contribution in [2.24, 2.45) is 0 Å². The lowest BCUT2D eigenvalue weighted by atomic mass is 10.2. The Hall–Kier alpha value is -0.610. The number of hydrogen-bond acceptors (Lipinski definition) is 3. The predicted molar refractivity (Wildman–Crippen MR) is 66.5 cm³/mol. The summed E-state index contributed by atoms with van der Waals surface area (Å²) in [6, 6.07) is 0.100. The van der Waals surface area contributed by atoms with E-state index in [1.54, 1.807) is 7.11 Å². The molecule has 4 nitrogen and oxygen atoms in total. The molecule has 0 aliphatic rings. The molecule has 4 heteroatoms. The third-order valence-corrected chi connectivity index (χ3v) is 2.30. The molecule has 0 spiro atoms. The molecule has 96 valence electrons. The van der Waals surface area contributed by atoms with E-state index in [2.05, 4.69) is 10.6 Å². The second-order valence-corrected chi connectivity index (χ2v) is 4.39. The zero-order valence-electron chi connectivity index (χ0n) is 11.0. The molecule has 0 aromatic rings. The van der Waals surface area contributed by atoms with Gasteiger partial charge in [0.1, 0.15) is 0 Å². The van der Waals surface area contributed by atoms with Crippen LogP contribution in [-0.2, 0) is 9.53 Å². The smallest absolute Gasteiger partial charge is 0.237 e. The lowest BCUT2D eigenvalue weighted by Crippen LogP contribution is -2.44. The van der Waals surface area contributed by atoms with Crippen LogP contribution in [0.4, 0.5) is 0 Å². The molecule has 1 atom stereocenters. The van der Waals surface area contributed by atoms with Crippen molar-refractivity contribution in [3.8, 4) is 0 Å². The molecule has 0 aliphatic carbocycles. The molecular weight excluding hydrogens is 204 g/mol. The van der Waals surface area contributed by atoms with E-state index in [-0.39, 0.29) is 18.0 Å². The standard InChI is InChI=1S/C12H26N2O2/c1-10(2)14-12(15)11(3)13-8-6-5-7-9-16-4/h10-11,13H,5-9H2,1-4H3,(H,14,15). The van der Waals surface area contributed by atoms with Crippen LogP contribution in [0.2, 0.25) is 0 Å². The van der Waals surface area contributed by atoms with Crippen molar-refractivity contribution in [3.05, 3.63) is 0 Å². The molecule has 16 heavy (non-hydrogen) atoms. The SMILES string of the molecule is COCCCCCNC(C)C(=O)NC(C)C. The van der Waals surface area contributed by atoms with Crippen LogP contribution in [0.15, 0.2) is 0 Å². The van der Waals surface area contributed by atoms with Crippen LogP contribution in [0.3, 0.4) is 0 Å². The molecule has 0 rings (SSSR count). The average Bonchev–Trinajstić information content (AvgIpc) is 2.21. The Labute approximate surface area is 99.1 Å². The molecule has 0 bridgehead atoms. The first-order chi connectivity index (χ1) is 7.57. The van der Waals surface area contributed by atoms with Gasteiger partial charge in [-0.15, -0.1) is 0 Å². The number of hydrogen-bond donors (Lipinski definition) is 2. The third kappa shape index (κ3) is 8.68. The molecule has 1 amide bonds. The van der Waals surface area contributed by atoms with E-state index >= 15 is 0 Å². The Kier molecular flexibility index (Phi) is 9.24. The van der Waals surface area contributed by atoms with Crippen LogP contribution in [0.25, 0.3) is 0 Å². The number of methoxy groups -OCH3 is 1. The van der Waals surface area contributed by atoms with Gasteiger partial charge in [0.05, 0.1) is 6.04 Å². The predicted octanol–water partition coefficient (Wildman–Crippen LogP) is 1.31. The molecule has 0 fully saturated rings. The van der Waals surface area contributed by atoms with Crippen molar-refractivity contribution in [1.29, 1.82) is 0 Å². The van der Waals surface area contributed by atoms with Crippen LogP contribution in [0, 0.1) is 0 Å². The molecule has 0 saturated carbocycles. The van der Waals surface area contributed by atoms with E-state index in [9.17, 15) is 4.79 Å². The van der Waals surface area contributed by atoms with Crippen molar-refractivity contribution in [3.63, 3.8) is 0 Å². The Bertz CT molecular complexity index is 184. The summed E-state index contributed by atoms with van der Waals surface area (Å²) in [4.78, 5) is 11.5. The fraction of sp³-hybridized carbons (Fsp3) is 0.917. The van der Waals surface area contributed by atoms with Crippen molar-refractivity contribution in [2.75, 3.05) is 20.3 Å². The minimum atomic E-state index is -0.107. The normalized spacial score (nSPS) is 12.8. The lowest BCUT2D eigenvalue weighted by Gasteiger charge is -2.15. The molecule has 1 unspecified atom stereocenters.